The fraction of sp³-hybridized carbons (Fsp3) is 0.300. The van der Waals surface area contributed by atoms with Crippen molar-refractivity contribution in [1.82, 2.24) is 5.32 Å². The molecule has 0 radical (unpaired) electrons. The van der Waals surface area contributed by atoms with Crippen LogP contribution >= 0.6 is 15.9 Å². The summed E-state index contributed by atoms with van der Waals surface area (Å²) in [6.07, 6.45) is 5.84. The molecule has 3 rings (SSSR count). The normalized spacial score (nSPS) is 17.9. The molecule has 120 valence electrons. The molecule has 1 N–H and O–H groups in total. The van der Waals surface area contributed by atoms with Gasteiger partial charge in [0.2, 0.25) is 0 Å². The molecule has 1 unspecified atom stereocenters. The molecule has 1 nitrogen and oxygen atoms in total. The third-order valence-electron chi connectivity index (χ3n) is 4.39. The fourth-order valence-corrected chi connectivity index (χ4v) is 3.46. The molecule has 3 heteroatoms. The van der Waals surface area contributed by atoms with E-state index in [0.717, 1.165) is 29.4 Å². The van der Waals surface area contributed by atoms with Crippen molar-refractivity contribution in [2.24, 2.45) is 0 Å². The SMILES string of the molecule is Cc1ccc(Br)cc1C1=CC(NCc2ccc(F)cc2)CCC1. The van der Waals surface area contributed by atoms with Crippen molar-refractivity contribution >= 4 is 21.5 Å². The maximum absolute atomic E-state index is 13.0. The number of benzene rings is 2. The second-order valence-corrected chi connectivity index (χ2v) is 7.07. The predicted molar refractivity (Wildman–Crippen MR) is 97.7 cm³/mol. The van der Waals surface area contributed by atoms with Crippen LogP contribution in [0.4, 0.5) is 4.39 Å². The van der Waals surface area contributed by atoms with Gasteiger partial charge in [-0.15, -0.1) is 0 Å². The third kappa shape index (κ3) is 4.30. The average molecular weight is 374 g/mol. The summed E-state index contributed by atoms with van der Waals surface area (Å²) in [5, 5.41) is 3.58. The molecule has 1 aliphatic rings. The molecule has 0 heterocycles. The van der Waals surface area contributed by atoms with Gasteiger partial charge < -0.3 is 5.32 Å². The first kappa shape index (κ1) is 16.4. The lowest BCUT2D eigenvalue weighted by atomic mass is 9.89. The fourth-order valence-electron chi connectivity index (χ4n) is 3.10. The summed E-state index contributed by atoms with van der Waals surface area (Å²) in [6.45, 7) is 2.93. The molecular weight excluding hydrogens is 353 g/mol. The molecule has 0 fully saturated rings. The molecule has 0 amide bonds. The minimum atomic E-state index is -0.182. The standard InChI is InChI=1S/C20H21BrFN/c1-14-5-8-17(21)12-20(14)16-3-2-4-19(11-16)23-13-15-6-9-18(22)10-7-15/h5-12,19,23H,2-4,13H2,1H3. The van der Waals surface area contributed by atoms with Gasteiger partial charge >= 0.3 is 0 Å². The number of halogens is 2. The van der Waals surface area contributed by atoms with Crippen LogP contribution in [-0.2, 0) is 6.54 Å². The van der Waals surface area contributed by atoms with Crippen molar-refractivity contribution in [2.75, 3.05) is 0 Å². The Hall–Kier alpha value is -1.45. The van der Waals surface area contributed by atoms with E-state index in [1.165, 1.54) is 35.3 Å². The average Bonchev–Trinajstić information content (AvgIpc) is 2.57. The number of rotatable bonds is 4. The van der Waals surface area contributed by atoms with E-state index in [9.17, 15) is 4.39 Å². The summed E-state index contributed by atoms with van der Waals surface area (Å²) in [4.78, 5) is 0. The van der Waals surface area contributed by atoms with Gasteiger partial charge in [0.1, 0.15) is 5.82 Å². The van der Waals surface area contributed by atoms with Crippen LogP contribution in [0, 0.1) is 12.7 Å². The van der Waals surface area contributed by atoms with E-state index in [1.54, 1.807) is 0 Å². The van der Waals surface area contributed by atoms with E-state index >= 15 is 0 Å². The topological polar surface area (TPSA) is 12.0 Å². The van der Waals surface area contributed by atoms with E-state index in [0.29, 0.717) is 6.04 Å². The number of aryl methyl sites for hydroxylation is 1. The van der Waals surface area contributed by atoms with Crippen LogP contribution in [0.5, 0.6) is 0 Å². The Balaban J connectivity index is 1.71. The van der Waals surface area contributed by atoms with Crippen LogP contribution in [0.2, 0.25) is 0 Å². The molecule has 0 saturated heterocycles. The van der Waals surface area contributed by atoms with Crippen LogP contribution in [0.15, 0.2) is 53.0 Å². The Bertz CT molecular complexity index is 706. The summed E-state index contributed by atoms with van der Waals surface area (Å²) in [5.74, 6) is -0.182. The van der Waals surface area contributed by atoms with Crippen molar-refractivity contribution in [3.05, 3.63) is 75.5 Å². The van der Waals surface area contributed by atoms with Gasteiger partial charge in [-0.25, -0.2) is 4.39 Å². The highest BCUT2D eigenvalue weighted by molar-refractivity contribution is 9.10. The lowest BCUT2D eigenvalue weighted by molar-refractivity contribution is 0.526. The molecule has 0 saturated carbocycles. The van der Waals surface area contributed by atoms with Crippen LogP contribution in [0.3, 0.4) is 0 Å². The van der Waals surface area contributed by atoms with Gasteiger partial charge in [-0.05, 0) is 72.7 Å². The van der Waals surface area contributed by atoms with Crippen LogP contribution < -0.4 is 5.32 Å². The van der Waals surface area contributed by atoms with Crippen molar-refractivity contribution < 1.29 is 4.39 Å². The highest BCUT2D eigenvalue weighted by Gasteiger charge is 2.15. The van der Waals surface area contributed by atoms with E-state index in [4.69, 9.17) is 0 Å². The van der Waals surface area contributed by atoms with Crippen LogP contribution in [0.25, 0.3) is 5.57 Å². The highest BCUT2D eigenvalue weighted by atomic mass is 79.9. The molecule has 0 aliphatic heterocycles. The predicted octanol–water partition coefficient (Wildman–Crippen LogP) is 5.62. The Morgan fingerprint density at radius 1 is 1.17 bits per heavy atom. The monoisotopic (exact) mass is 373 g/mol. The maximum Gasteiger partial charge on any atom is 0.123 e. The van der Waals surface area contributed by atoms with Crippen LogP contribution in [-0.4, -0.2) is 6.04 Å². The lowest BCUT2D eigenvalue weighted by Crippen LogP contribution is -2.28. The second-order valence-electron chi connectivity index (χ2n) is 6.16. The molecule has 2 aromatic carbocycles. The van der Waals surface area contributed by atoms with E-state index in [2.05, 4.69) is 52.4 Å². The zero-order valence-corrected chi connectivity index (χ0v) is 14.9. The van der Waals surface area contributed by atoms with Gasteiger partial charge in [-0.3, -0.25) is 0 Å². The minimum absolute atomic E-state index is 0.182. The van der Waals surface area contributed by atoms with Gasteiger partial charge in [0.05, 0.1) is 0 Å². The minimum Gasteiger partial charge on any atom is -0.306 e. The zero-order chi connectivity index (χ0) is 16.2. The van der Waals surface area contributed by atoms with Gasteiger partial charge in [0.15, 0.2) is 0 Å². The van der Waals surface area contributed by atoms with Crippen molar-refractivity contribution in [3.8, 4) is 0 Å². The van der Waals surface area contributed by atoms with Crippen molar-refractivity contribution in [2.45, 2.75) is 38.8 Å². The highest BCUT2D eigenvalue weighted by Crippen LogP contribution is 2.31. The Kier molecular flexibility index (Phi) is 5.29. The zero-order valence-electron chi connectivity index (χ0n) is 13.3. The molecule has 1 atom stereocenters. The Morgan fingerprint density at radius 3 is 2.74 bits per heavy atom. The first-order valence-electron chi connectivity index (χ1n) is 8.07. The molecule has 2 aromatic rings. The first-order valence-corrected chi connectivity index (χ1v) is 8.86. The first-order chi connectivity index (χ1) is 11.1. The van der Waals surface area contributed by atoms with E-state index < -0.39 is 0 Å². The molecule has 0 spiro atoms. The number of hydrogen-bond donors (Lipinski definition) is 1. The molecular formula is C20H21BrFN. The second kappa shape index (κ2) is 7.41. The number of hydrogen-bond acceptors (Lipinski definition) is 1. The maximum atomic E-state index is 13.0. The Labute approximate surface area is 145 Å². The summed E-state index contributed by atoms with van der Waals surface area (Å²) >= 11 is 3.57. The smallest absolute Gasteiger partial charge is 0.123 e. The molecule has 23 heavy (non-hydrogen) atoms. The summed E-state index contributed by atoms with van der Waals surface area (Å²) in [5.41, 5.74) is 5.20. The van der Waals surface area contributed by atoms with Crippen LogP contribution in [0.1, 0.15) is 36.0 Å². The van der Waals surface area contributed by atoms with Gasteiger partial charge in [-0.1, -0.05) is 40.2 Å². The molecule has 0 bridgehead atoms. The van der Waals surface area contributed by atoms with Crippen molar-refractivity contribution in [1.29, 1.82) is 0 Å². The van der Waals surface area contributed by atoms with E-state index in [1.807, 2.05) is 12.1 Å². The molecule has 0 aromatic heterocycles. The van der Waals surface area contributed by atoms with Crippen molar-refractivity contribution in [3.63, 3.8) is 0 Å². The number of allylic oxidation sites excluding steroid dienone is 1. The van der Waals surface area contributed by atoms with Gasteiger partial charge in [0.25, 0.3) is 0 Å². The van der Waals surface area contributed by atoms with Gasteiger partial charge in [0, 0.05) is 17.1 Å². The quantitative estimate of drug-likeness (QED) is 0.732. The number of nitrogens with one attached hydrogen (secondary N) is 1. The summed E-state index contributed by atoms with van der Waals surface area (Å²) < 4.78 is 14.1. The van der Waals surface area contributed by atoms with E-state index in [-0.39, 0.29) is 5.82 Å². The Morgan fingerprint density at radius 2 is 1.96 bits per heavy atom. The third-order valence-corrected chi connectivity index (χ3v) is 4.88. The largest absolute Gasteiger partial charge is 0.306 e. The summed E-state index contributed by atoms with van der Waals surface area (Å²) in [7, 11) is 0. The lowest BCUT2D eigenvalue weighted by Gasteiger charge is -2.23. The van der Waals surface area contributed by atoms with Gasteiger partial charge in [-0.2, -0.15) is 0 Å². The molecule has 1 aliphatic carbocycles. The summed E-state index contributed by atoms with van der Waals surface area (Å²) in [6, 6.07) is 13.6.